The van der Waals surface area contributed by atoms with E-state index < -0.39 is 0 Å². The van der Waals surface area contributed by atoms with Gasteiger partial charge in [-0.25, -0.2) is 0 Å². The van der Waals surface area contributed by atoms with Crippen molar-refractivity contribution in [2.24, 2.45) is 11.8 Å². The predicted molar refractivity (Wildman–Crippen MR) is 86.3 cm³/mol. The van der Waals surface area contributed by atoms with Crippen molar-refractivity contribution in [3.05, 3.63) is 23.8 Å². The van der Waals surface area contributed by atoms with Crippen LogP contribution in [0.15, 0.2) is 18.2 Å². The van der Waals surface area contributed by atoms with Gasteiger partial charge in [0.25, 0.3) is 5.91 Å². The van der Waals surface area contributed by atoms with Gasteiger partial charge in [-0.05, 0) is 43.4 Å². The molecule has 23 heavy (non-hydrogen) atoms. The topological polar surface area (TPSA) is 76.7 Å². The molecule has 1 aromatic rings. The molecule has 1 saturated carbocycles. The van der Waals surface area contributed by atoms with Crippen molar-refractivity contribution in [1.82, 2.24) is 10.9 Å². The van der Waals surface area contributed by atoms with E-state index >= 15 is 0 Å². The van der Waals surface area contributed by atoms with Gasteiger partial charge in [0, 0.05) is 11.5 Å². The van der Waals surface area contributed by atoms with Crippen LogP contribution in [0, 0.1) is 11.8 Å². The molecule has 2 rings (SSSR count). The molecule has 0 spiro atoms. The van der Waals surface area contributed by atoms with E-state index in [2.05, 4.69) is 24.7 Å². The fourth-order valence-corrected chi connectivity index (χ4v) is 1.97. The van der Waals surface area contributed by atoms with Crippen molar-refractivity contribution in [1.29, 1.82) is 0 Å². The van der Waals surface area contributed by atoms with Crippen molar-refractivity contribution < 1.29 is 19.1 Å². The third kappa shape index (κ3) is 5.16. The molecule has 1 aromatic carbocycles. The molecule has 1 aliphatic rings. The van der Waals surface area contributed by atoms with Crippen LogP contribution < -0.4 is 20.3 Å². The molecule has 0 radical (unpaired) electrons. The number of nitrogens with one attached hydrogen (secondary N) is 2. The monoisotopic (exact) mass is 320 g/mol. The highest BCUT2D eigenvalue weighted by Gasteiger charge is 2.29. The predicted octanol–water partition coefficient (Wildman–Crippen LogP) is 2.29. The molecule has 0 saturated heterocycles. The van der Waals surface area contributed by atoms with E-state index in [1.807, 2.05) is 0 Å². The van der Waals surface area contributed by atoms with Gasteiger partial charge in [-0.2, -0.15) is 0 Å². The molecule has 6 heteroatoms. The molecule has 1 fully saturated rings. The number of amides is 2. The molecule has 0 aliphatic heterocycles. The maximum Gasteiger partial charge on any atom is 0.269 e. The summed E-state index contributed by atoms with van der Waals surface area (Å²) in [4.78, 5) is 23.6. The Hall–Kier alpha value is -2.24. The first-order valence-corrected chi connectivity index (χ1v) is 7.92. The quantitative estimate of drug-likeness (QED) is 0.756. The highest BCUT2D eigenvalue weighted by molar-refractivity contribution is 5.96. The van der Waals surface area contributed by atoms with Gasteiger partial charge in [-0.1, -0.05) is 13.8 Å². The van der Waals surface area contributed by atoms with Gasteiger partial charge in [0.05, 0.1) is 13.7 Å². The molecule has 0 bridgehead atoms. The third-order valence-corrected chi connectivity index (χ3v) is 3.63. The molecule has 126 valence electrons. The van der Waals surface area contributed by atoms with E-state index in [0.717, 1.165) is 19.3 Å². The van der Waals surface area contributed by atoms with E-state index in [4.69, 9.17) is 9.47 Å². The molecule has 0 aromatic heterocycles. The first kappa shape index (κ1) is 17.1. The summed E-state index contributed by atoms with van der Waals surface area (Å²) in [5, 5.41) is 0. The van der Waals surface area contributed by atoms with Crippen LogP contribution in [0.4, 0.5) is 0 Å². The van der Waals surface area contributed by atoms with Crippen molar-refractivity contribution in [2.75, 3.05) is 13.7 Å². The molecular formula is C17H24N2O4. The lowest BCUT2D eigenvalue weighted by atomic mass is 10.1. The third-order valence-electron chi connectivity index (χ3n) is 3.63. The highest BCUT2D eigenvalue weighted by Crippen LogP contribution is 2.29. The lowest BCUT2D eigenvalue weighted by Crippen LogP contribution is -2.42. The fourth-order valence-electron chi connectivity index (χ4n) is 1.97. The summed E-state index contributed by atoms with van der Waals surface area (Å²) in [6, 6.07) is 4.95. The van der Waals surface area contributed by atoms with Gasteiger partial charge < -0.3 is 9.47 Å². The van der Waals surface area contributed by atoms with Gasteiger partial charge >= 0.3 is 0 Å². The number of hydrogen-bond acceptors (Lipinski definition) is 4. The minimum atomic E-state index is -0.383. The summed E-state index contributed by atoms with van der Waals surface area (Å²) >= 11 is 0. The van der Waals surface area contributed by atoms with Crippen LogP contribution in [0.25, 0.3) is 0 Å². The van der Waals surface area contributed by atoms with Crippen LogP contribution in [0.3, 0.4) is 0 Å². The molecule has 2 N–H and O–H groups in total. The van der Waals surface area contributed by atoms with E-state index in [9.17, 15) is 9.59 Å². The van der Waals surface area contributed by atoms with E-state index in [-0.39, 0.29) is 17.7 Å². The van der Waals surface area contributed by atoms with Gasteiger partial charge in [-0.3, -0.25) is 20.4 Å². The number of carbonyl (C=O) groups excluding carboxylic acids is 2. The van der Waals surface area contributed by atoms with Crippen LogP contribution >= 0.6 is 0 Å². The average molecular weight is 320 g/mol. The number of ether oxygens (including phenoxy) is 2. The molecule has 6 nitrogen and oxygen atoms in total. The largest absolute Gasteiger partial charge is 0.493 e. The van der Waals surface area contributed by atoms with Crippen LogP contribution in [0.5, 0.6) is 11.5 Å². The SMILES string of the molecule is COc1cc(C(=O)NNC(=O)C2CC2)ccc1OCCC(C)C. The lowest BCUT2D eigenvalue weighted by molar-refractivity contribution is -0.123. The normalized spacial score (nSPS) is 13.6. The zero-order valence-electron chi connectivity index (χ0n) is 13.8. The Labute approximate surface area is 136 Å². The first-order valence-electron chi connectivity index (χ1n) is 7.92. The minimum Gasteiger partial charge on any atom is -0.493 e. The number of rotatable bonds is 7. The Morgan fingerprint density at radius 2 is 1.96 bits per heavy atom. The average Bonchev–Trinajstić information content (AvgIpc) is 3.37. The van der Waals surface area contributed by atoms with Gasteiger partial charge in [0.15, 0.2) is 11.5 Å². The summed E-state index contributed by atoms with van der Waals surface area (Å²) in [6.07, 6.45) is 2.72. The maximum absolute atomic E-state index is 12.1. The van der Waals surface area contributed by atoms with E-state index in [1.54, 1.807) is 18.2 Å². The van der Waals surface area contributed by atoms with Crippen LogP contribution in [-0.2, 0) is 4.79 Å². The second kappa shape index (κ2) is 7.85. The Morgan fingerprint density at radius 3 is 2.57 bits per heavy atom. The van der Waals surface area contributed by atoms with Crippen LogP contribution in [0.1, 0.15) is 43.5 Å². The summed E-state index contributed by atoms with van der Waals surface area (Å²) in [5.74, 6) is 1.18. The summed E-state index contributed by atoms with van der Waals surface area (Å²) in [6.45, 7) is 4.85. The maximum atomic E-state index is 12.1. The van der Waals surface area contributed by atoms with Crippen molar-refractivity contribution in [3.8, 4) is 11.5 Å². The van der Waals surface area contributed by atoms with E-state index in [1.165, 1.54) is 7.11 Å². The Bertz CT molecular complexity index is 568. The Balaban J connectivity index is 1.93. The van der Waals surface area contributed by atoms with Gasteiger partial charge in [-0.15, -0.1) is 0 Å². The van der Waals surface area contributed by atoms with Gasteiger partial charge in [0.1, 0.15) is 0 Å². The molecule has 1 aliphatic carbocycles. The second-order valence-electron chi connectivity index (χ2n) is 6.11. The second-order valence-corrected chi connectivity index (χ2v) is 6.11. The van der Waals surface area contributed by atoms with Crippen molar-refractivity contribution in [2.45, 2.75) is 33.1 Å². The zero-order chi connectivity index (χ0) is 16.8. The van der Waals surface area contributed by atoms with E-state index in [0.29, 0.717) is 29.6 Å². The van der Waals surface area contributed by atoms with Crippen molar-refractivity contribution >= 4 is 11.8 Å². The lowest BCUT2D eigenvalue weighted by Gasteiger charge is -2.13. The Morgan fingerprint density at radius 1 is 1.22 bits per heavy atom. The highest BCUT2D eigenvalue weighted by atomic mass is 16.5. The standard InChI is InChI=1S/C17H24N2O4/c1-11(2)8-9-23-14-7-6-13(10-15(14)22-3)17(21)19-18-16(20)12-4-5-12/h6-7,10-12H,4-5,8-9H2,1-3H3,(H,18,20)(H,19,21). The smallest absolute Gasteiger partial charge is 0.269 e. The molecule has 2 amide bonds. The summed E-state index contributed by atoms with van der Waals surface area (Å²) in [7, 11) is 1.53. The number of methoxy groups -OCH3 is 1. The fraction of sp³-hybridized carbons (Fsp3) is 0.529. The number of hydrogen-bond donors (Lipinski definition) is 2. The molecular weight excluding hydrogens is 296 g/mol. The molecule has 0 unspecified atom stereocenters. The summed E-state index contributed by atoms with van der Waals surface area (Å²) in [5.41, 5.74) is 5.24. The number of benzene rings is 1. The summed E-state index contributed by atoms with van der Waals surface area (Å²) < 4.78 is 11.0. The van der Waals surface area contributed by atoms with Crippen LogP contribution in [-0.4, -0.2) is 25.5 Å². The van der Waals surface area contributed by atoms with Crippen molar-refractivity contribution in [3.63, 3.8) is 0 Å². The Kier molecular flexibility index (Phi) is 5.84. The minimum absolute atomic E-state index is 0.0431. The molecule has 0 atom stereocenters. The van der Waals surface area contributed by atoms with Gasteiger partial charge in [0.2, 0.25) is 5.91 Å². The number of carbonyl (C=O) groups is 2. The zero-order valence-corrected chi connectivity index (χ0v) is 13.8. The number of hydrazine groups is 1. The molecule has 0 heterocycles. The van der Waals surface area contributed by atoms with Crippen LogP contribution in [0.2, 0.25) is 0 Å². The first-order chi connectivity index (χ1) is 11.0.